The Kier molecular flexibility index (Phi) is 5.11. The maximum Gasteiger partial charge on any atom is 0.263 e. The zero-order chi connectivity index (χ0) is 21.6. The molecule has 1 N–H and O–H groups in total. The van der Waals surface area contributed by atoms with E-state index in [1.165, 1.54) is 29.7 Å². The summed E-state index contributed by atoms with van der Waals surface area (Å²) < 4.78 is 27.5. The topological polar surface area (TPSA) is 82.6 Å². The Hall–Kier alpha value is -2.62. The molecule has 1 amide bonds. The fraction of sp³-hybridized carbons (Fsp3) is 0.238. The predicted octanol–water partition coefficient (Wildman–Crippen LogP) is 3.77. The summed E-state index contributed by atoms with van der Waals surface area (Å²) in [5.74, 6) is 0.0179. The molecule has 10 heteroatoms. The number of thiazole rings is 1. The number of sulfonamides is 1. The van der Waals surface area contributed by atoms with E-state index in [9.17, 15) is 13.2 Å². The first-order valence-electron chi connectivity index (χ1n) is 9.82. The van der Waals surface area contributed by atoms with Gasteiger partial charge in [-0.05, 0) is 54.8 Å². The minimum atomic E-state index is -3.72. The van der Waals surface area contributed by atoms with Gasteiger partial charge in [-0.1, -0.05) is 17.7 Å². The van der Waals surface area contributed by atoms with E-state index < -0.39 is 10.0 Å². The molecule has 0 radical (unpaired) electrons. The third kappa shape index (κ3) is 3.66. The van der Waals surface area contributed by atoms with Crippen molar-refractivity contribution in [3.05, 3.63) is 64.6 Å². The molecule has 0 bridgehead atoms. The van der Waals surface area contributed by atoms with Crippen LogP contribution in [0.3, 0.4) is 0 Å². The fourth-order valence-corrected chi connectivity index (χ4v) is 6.26. The zero-order valence-corrected chi connectivity index (χ0v) is 18.8. The van der Waals surface area contributed by atoms with Crippen LogP contribution in [0.4, 0.5) is 16.5 Å². The van der Waals surface area contributed by atoms with Gasteiger partial charge in [0.15, 0.2) is 5.13 Å². The summed E-state index contributed by atoms with van der Waals surface area (Å²) in [6, 6.07) is 11.9. The number of aromatic nitrogens is 1. The van der Waals surface area contributed by atoms with Gasteiger partial charge in [0.1, 0.15) is 6.04 Å². The number of rotatable bonds is 5. The van der Waals surface area contributed by atoms with Crippen LogP contribution in [0.2, 0.25) is 5.02 Å². The number of nitrogens with one attached hydrogen (secondary N) is 1. The second kappa shape index (κ2) is 7.81. The monoisotopic (exact) mass is 474 g/mol. The molecule has 2 aromatic carbocycles. The van der Waals surface area contributed by atoms with Gasteiger partial charge in [-0.2, -0.15) is 0 Å². The molecule has 0 spiro atoms. The molecule has 1 saturated heterocycles. The van der Waals surface area contributed by atoms with Crippen LogP contribution >= 0.6 is 22.9 Å². The molecule has 3 aromatic rings. The minimum absolute atomic E-state index is 0.0179. The lowest BCUT2D eigenvalue weighted by Gasteiger charge is -2.26. The first kappa shape index (κ1) is 20.3. The normalized spacial score (nSPS) is 18.5. The average Bonchev–Trinajstić information content (AvgIpc) is 3.48. The molecule has 160 valence electrons. The van der Waals surface area contributed by atoms with Crippen LogP contribution in [0.5, 0.6) is 0 Å². The average molecular weight is 475 g/mol. The molecule has 2 aliphatic rings. The molecule has 3 heterocycles. The van der Waals surface area contributed by atoms with Crippen molar-refractivity contribution >= 4 is 55.4 Å². The lowest BCUT2D eigenvalue weighted by molar-refractivity contribution is -0.118. The van der Waals surface area contributed by atoms with Crippen LogP contribution in [0.15, 0.2) is 58.9 Å². The van der Waals surface area contributed by atoms with Gasteiger partial charge in [-0.3, -0.25) is 9.52 Å². The highest BCUT2D eigenvalue weighted by molar-refractivity contribution is 7.93. The van der Waals surface area contributed by atoms with Crippen LogP contribution in [-0.4, -0.2) is 38.4 Å². The van der Waals surface area contributed by atoms with Crippen molar-refractivity contribution < 1.29 is 13.2 Å². The van der Waals surface area contributed by atoms with Gasteiger partial charge in [0, 0.05) is 41.1 Å². The molecule has 1 fully saturated rings. The molecule has 7 nitrogen and oxygen atoms in total. The summed E-state index contributed by atoms with van der Waals surface area (Å²) in [5, 5.41) is 2.75. The molecule has 31 heavy (non-hydrogen) atoms. The van der Waals surface area contributed by atoms with Crippen molar-refractivity contribution in [1.29, 1.82) is 0 Å². The van der Waals surface area contributed by atoms with Crippen molar-refractivity contribution in [2.24, 2.45) is 0 Å². The van der Waals surface area contributed by atoms with E-state index in [2.05, 4.69) is 14.6 Å². The van der Waals surface area contributed by atoms with Gasteiger partial charge in [-0.25, -0.2) is 13.4 Å². The van der Waals surface area contributed by atoms with Crippen molar-refractivity contribution in [1.82, 2.24) is 4.98 Å². The van der Waals surface area contributed by atoms with E-state index >= 15 is 0 Å². The number of amides is 1. The van der Waals surface area contributed by atoms with E-state index in [0.29, 0.717) is 23.8 Å². The Balaban J connectivity index is 1.33. The number of nitrogens with zero attached hydrogens (tertiary/aromatic N) is 3. The van der Waals surface area contributed by atoms with Crippen molar-refractivity contribution in [3.63, 3.8) is 0 Å². The number of carbonyl (C=O) groups excluding carboxylic acids is 1. The van der Waals surface area contributed by atoms with Crippen LogP contribution in [0.1, 0.15) is 12.0 Å². The predicted molar refractivity (Wildman–Crippen MR) is 123 cm³/mol. The molecular weight excluding hydrogens is 456 g/mol. The summed E-state index contributed by atoms with van der Waals surface area (Å²) in [6.45, 7) is 1.35. The lowest BCUT2D eigenvalue weighted by Crippen LogP contribution is -2.41. The van der Waals surface area contributed by atoms with Crippen LogP contribution in [0, 0.1) is 0 Å². The van der Waals surface area contributed by atoms with E-state index in [4.69, 9.17) is 11.6 Å². The largest absolute Gasteiger partial charge is 0.359 e. The van der Waals surface area contributed by atoms with Gasteiger partial charge in [0.25, 0.3) is 10.0 Å². The van der Waals surface area contributed by atoms with Gasteiger partial charge >= 0.3 is 0 Å². The molecular formula is C21H19ClN4O3S2. The van der Waals surface area contributed by atoms with E-state index in [1.54, 1.807) is 22.4 Å². The molecule has 2 aliphatic heterocycles. The highest BCUT2D eigenvalue weighted by atomic mass is 35.5. The van der Waals surface area contributed by atoms with E-state index in [1.807, 2.05) is 18.2 Å². The van der Waals surface area contributed by atoms with Crippen molar-refractivity contribution in [2.45, 2.75) is 23.8 Å². The van der Waals surface area contributed by atoms with Gasteiger partial charge in [-0.15, -0.1) is 11.3 Å². The van der Waals surface area contributed by atoms with Crippen molar-refractivity contribution in [2.75, 3.05) is 27.6 Å². The quantitative estimate of drug-likeness (QED) is 0.608. The molecule has 5 rings (SSSR count). The number of carbonyl (C=O) groups is 1. The molecule has 1 aromatic heterocycles. The van der Waals surface area contributed by atoms with Gasteiger partial charge in [0.05, 0.1) is 4.90 Å². The summed E-state index contributed by atoms with van der Waals surface area (Å²) >= 11 is 7.53. The Morgan fingerprint density at radius 2 is 1.94 bits per heavy atom. The molecule has 0 saturated carbocycles. The summed E-state index contributed by atoms with van der Waals surface area (Å²) in [4.78, 5) is 21.1. The van der Waals surface area contributed by atoms with Crippen molar-refractivity contribution in [3.8, 4) is 0 Å². The van der Waals surface area contributed by atoms with Crippen LogP contribution in [0.25, 0.3) is 0 Å². The summed E-state index contributed by atoms with van der Waals surface area (Å²) in [7, 11) is -3.72. The maximum atomic E-state index is 13.2. The number of halogens is 1. The number of benzene rings is 2. The molecule has 1 atom stereocenters. The van der Waals surface area contributed by atoms with Gasteiger partial charge < -0.3 is 9.80 Å². The van der Waals surface area contributed by atoms with E-state index in [0.717, 1.165) is 29.2 Å². The number of hydrogen-bond donors (Lipinski definition) is 1. The number of anilines is 3. The Morgan fingerprint density at radius 1 is 1.13 bits per heavy atom. The highest BCUT2D eigenvalue weighted by Crippen LogP contribution is 2.37. The third-order valence-electron chi connectivity index (χ3n) is 5.67. The maximum absolute atomic E-state index is 13.2. The Bertz CT molecular complexity index is 1230. The first-order valence-corrected chi connectivity index (χ1v) is 12.6. The van der Waals surface area contributed by atoms with Crippen LogP contribution in [-0.2, 0) is 21.2 Å². The second-order valence-electron chi connectivity index (χ2n) is 7.41. The minimum Gasteiger partial charge on any atom is -0.359 e. The van der Waals surface area contributed by atoms with Gasteiger partial charge in [0.2, 0.25) is 5.91 Å². The number of hydrogen-bond acceptors (Lipinski definition) is 6. The van der Waals surface area contributed by atoms with Crippen LogP contribution < -0.4 is 14.5 Å². The number of fused-ring (bicyclic) bond motifs is 1. The highest BCUT2D eigenvalue weighted by Gasteiger charge is 2.39. The third-order valence-corrected chi connectivity index (χ3v) is 8.20. The van der Waals surface area contributed by atoms with E-state index in [-0.39, 0.29) is 16.8 Å². The smallest absolute Gasteiger partial charge is 0.263 e. The Morgan fingerprint density at radius 3 is 2.68 bits per heavy atom. The second-order valence-corrected chi connectivity index (χ2v) is 10.4. The molecule has 0 aliphatic carbocycles. The Labute approximate surface area is 189 Å². The first-order chi connectivity index (χ1) is 14.9. The lowest BCUT2D eigenvalue weighted by atomic mass is 10.1. The zero-order valence-electron chi connectivity index (χ0n) is 16.4. The standard InChI is InChI=1S/C21H19ClN4O3S2/c22-17-2-1-3-18-16(17)8-11-26(18)19-9-12-25(20(19)27)14-4-6-15(7-5-14)31(28,29)24-21-23-10-13-30-21/h1-7,10,13,19H,8-9,11-12H2,(H,23,24)/t19-/m0/s1. The summed E-state index contributed by atoms with van der Waals surface area (Å²) in [6.07, 6.45) is 3.07. The SMILES string of the molecule is O=C1[C@@H](N2CCc3c(Cl)cccc32)CCN1c1ccc(S(=O)(=O)Nc2nccs2)cc1. The summed E-state index contributed by atoms with van der Waals surface area (Å²) in [5.41, 5.74) is 2.81. The molecule has 0 unspecified atom stereocenters. The fourth-order valence-electron chi connectivity index (χ4n) is 4.20.